The first kappa shape index (κ1) is 16.1. The van der Waals surface area contributed by atoms with Crippen LogP contribution in [0.3, 0.4) is 0 Å². The van der Waals surface area contributed by atoms with E-state index >= 15 is 0 Å². The summed E-state index contributed by atoms with van der Waals surface area (Å²) in [7, 11) is 3.45. The Kier molecular flexibility index (Phi) is 11.5. The third-order valence-electron chi connectivity index (χ3n) is 1.37. The summed E-state index contributed by atoms with van der Waals surface area (Å²) >= 11 is 0. The Bertz CT molecular complexity index is 203. The van der Waals surface area contributed by atoms with E-state index in [9.17, 15) is 9.59 Å². The van der Waals surface area contributed by atoms with Crippen molar-refractivity contribution in [2.75, 3.05) is 27.4 Å². The van der Waals surface area contributed by atoms with E-state index in [1.807, 2.05) is 6.92 Å². The second-order valence-electron chi connectivity index (χ2n) is 2.80. The summed E-state index contributed by atoms with van der Waals surface area (Å²) in [5.74, 6) is -0.113. The zero-order valence-electron chi connectivity index (χ0n) is 9.87. The molecule has 0 fully saturated rings. The van der Waals surface area contributed by atoms with Crippen LogP contribution in [0.4, 0.5) is 0 Å². The minimum Gasteiger partial charge on any atom is -0.362 e. The molecule has 0 atom stereocenters. The highest BCUT2D eigenvalue weighted by Gasteiger charge is 1.88. The third kappa shape index (κ3) is 15.4. The highest BCUT2D eigenvalue weighted by atomic mass is 16.5. The third-order valence-corrected chi connectivity index (χ3v) is 1.37. The number of carbonyl (C=O) groups excluding carboxylic acids is 2. The van der Waals surface area contributed by atoms with E-state index in [4.69, 9.17) is 4.74 Å². The topological polar surface area (TPSA) is 58.6 Å². The number of carbonyl (C=O) groups is 2. The molecule has 1 N–H and O–H groups in total. The van der Waals surface area contributed by atoms with Gasteiger partial charge < -0.3 is 15.0 Å². The zero-order valence-corrected chi connectivity index (χ0v) is 9.87. The molecule has 5 nitrogen and oxygen atoms in total. The Hall–Kier alpha value is -1.36. The molecule has 0 rings (SSSR count). The largest absolute Gasteiger partial charge is 0.362 e. The van der Waals surface area contributed by atoms with Crippen LogP contribution in [0, 0.1) is 0 Å². The molecule has 2 amide bonds. The number of hydrogen-bond acceptors (Lipinski definition) is 3. The maximum atomic E-state index is 10.4. The maximum absolute atomic E-state index is 10.4. The van der Waals surface area contributed by atoms with E-state index in [0.29, 0.717) is 6.61 Å². The summed E-state index contributed by atoms with van der Waals surface area (Å²) < 4.78 is 4.83. The van der Waals surface area contributed by atoms with Gasteiger partial charge in [0.1, 0.15) is 6.73 Å². The van der Waals surface area contributed by atoms with E-state index in [2.05, 4.69) is 11.9 Å². The molecule has 0 saturated carbocycles. The van der Waals surface area contributed by atoms with Crippen molar-refractivity contribution in [3.05, 3.63) is 12.7 Å². The lowest BCUT2D eigenvalue weighted by Crippen LogP contribution is -2.23. The molecule has 0 unspecified atom stereocenters. The van der Waals surface area contributed by atoms with Gasteiger partial charge in [0.15, 0.2) is 0 Å². The Labute approximate surface area is 91.1 Å². The number of hydrogen-bond donors (Lipinski definition) is 1. The van der Waals surface area contributed by atoms with Gasteiger partial charge in [0, 0.05) is 27.6 Å². The molecular weight excluding hydrogens is 196 g/mol. The molecular formula is C10H20N2O3. The lowest BCUT2D eigenvalue weighted by atomic mass is 10.6. The summed E-state index contributed by atoms with van der Waals surface area (Å²) in [6.45, 7) is 7.53. The summed E-state index contributed by atoms with van der Waals surface area (Å²) in [5.41, 5.74) is 0. The van der Waals surface area contributed by atoms with Gasteiger partial charge in [-0.1, -0.05) is 6.58 Å². The average molecular weight is 216 g/mol. The second kappa shape index (κ2) is 10.7. The number of amides is 2. The first-order chi connectivity index (χ1) is 6.95. The molecule has 0 radical (unpaired) electrons. The standard InChI is InChI=1S/C6H11NO2.C4H9NO/c1-3-6(8)7-5-9-4-2;1-4(6)5(2)3/h3H,1,4-5H2,2H3,(H,7,8);1-3H3. The van der Waals surface area contributed by atoms with Crippen molar-refractivity contribution in [1.29, 1.82) is 0 Å². The van der Waals surface area contributed by atoms with Crippen LogP contribution < -0.4 is 5.32 Å². The van der Waals surface area contributed by atoms with Gasteiger partial charge in [-0.25, -0.2) is 0 Å². The molecule has 88 valence electrons. The predicted octanol–water partition coefficient (Wildman–Crippen LogP) is 0.377. The monoisotopic (exact) mass is 216 g/mol. The van der Waals surface area contributed by atoms with Gasteiger partial charge in [-0.2, -0.15) is 0 Å². The van der Waals surface area contributed by atoms with Crippen molar-refractivity contribution in [2.24, 2.45) is 0 Å². The Morgan fingerprint density at radius 1 is 1.47 bits per heavy atom. The number of nitrogens with zero attached hydrogens (tertiary/aromatic N) is 1. The lowest BCUT2D eigenvalue weighted by Gasteiger charge is -2.02. The van der Waals surface area contributed by atoms with Gasteiger partial charge in [0.2, 0.25) is 11.8 Å². The SMILES string of the molecule is C=CC(=O)NCOCC.CC(=O)N(C)C. The first-order valence-electron chi connectivity index (χ1n) is 4.61. The minimum absolute atomic E-state index is 0.0926. The highest BCUT2D eigenvalue weighted by Crippen LogP contribution is 1.70. The van der Waals surface area contributed by atoms with Crippen LogP contribution in [0.25, 0.3) is 0 Å². The lowest BCUT2D eigenvalue weighted by molar-refractivity contribution is -0.126. The van der Waals surface area contributed by atoms with Crippen LogP contribution in [0.15, 0.2) is 12.7 Å². The van der Waals surface area contributed by atoms with E-state index in [-0.39, 0.29) is 18.5 Å². The van der Waals surface area contributed by atoms with E-state index in [1.165, 1.54) is 17.9 Å². The van der Waals surface area contributed by atoms with Crippen molar-refractivity contribution < 1.29 is 14.3 Å². The van der Waals surface area contributed by atoms with Crippen LogP contribution in [-0.2, 0) is 14.3 Å². The maximum Gasteiger partial charge on any atom is 0.245 e. The molecule has 0 aromatic rings. The number of nitrogens with one attached hydrogen (secondary N) is 1. The van der Waals surface area contributed by atoms with Gasteiger partial charge in [-0.15, -0.1) is 0 Å². The number of rotatable bonds is 4. The van der Waals surface area contributed by atoms with Gasteiger partial charge in [-0.05, 0) is 13.0 Å². The Balaban J connectivity index is 0. The van der Waals surface area contributed by atoms with Crippen LogP contribution in [0.2, 0.25) is 0 Å². The summed E-state index contributed by atoms with van der Waals surface area (Å²) in [6.07, 6.45) is 1.21. The Morgan fingerprint density at radius 2 is 1.93 bits per heavy atom. The normalized spacial score (nSPS) is 8.27. The van der Waals surface area contributed by atoms with Crippen LogP contribution in [-0.4, -0.2) is 44.1 Å². The first-order valence-corrected chi connectivity index (χ1v) is 4.61. The van der Waals surface area contributed by atoms with Crippen LogP contribution in [0.5, 0.6) is 0 Å². The molecule has 0 bridgehead atoms. The van der Waals surface area contributed by atoms with Gasteiger partial charge >= 0.3 is 0 Å². The van der Waals surface area contributed by atoms with Crippen LogP contribution >= 0.6 is 0 Å². The molecule has 0 aliphatic heterocycles. The van der Waals surface area contributed by atoms with Crippen LogP contribution in [0.1, 0.15) is 13.8 Å². The van der Waals surface area contributed by atoms with E-state index in [0.717, 1.165) is 0 Å². The fraction of sp³-hybridized carbons (Fsp3) is 0.600. The van der Waals surface area contributed by atoms with E-state index < -0.39 is 0 Å². The average Bonchev–Trinajstić information content (AvgIpc) is 2.18. The van der Waals surface area contributed by atoms with Crippen molar-refractivity contribution >= 4 is 11.8 Å². The molecule has 0 aliphatic carbocycles. The molecule has 0 spiro atoms. The van der Waals surface area contributed by atoms with Gasteiger partial charge in [-0.3, -0.25) is 9.59 Å². The smallest absolute Gasteiger partial charge is 0.245 e. The summed E-state index contributed by atoms with van der Waals surface area (Å²) in [4.78, 5) is 22.0. The summed E-state index contributed by atoms with van der Waals surface area (Å²) in [5, 5.41) is 2.45. The van der Waals surface area contributed by atoms with Crippen molar-refractivity contribution in [3.8, 4) is 0 Å². The molecule has 0 aliphatic rings. The molecule has 5 heteroatoms. The fourth-order valence-electron chi connectivity index (χ4n) is 0.296. The van der Waals surface area contributed by atoms with Crippen molar-refractivity contribution in [3.63, 3.8) is 0 Å². The van der Waals surface area contributed by atoms with Gasteiger partial charge in [0.05, 0.1) is 0 Å². The highest BCUT2D eigenvalue weighted by molar-refractivity contribution is 5.86. The minimum atomic E-state index is -0.205. The zero-order chi connectivity index (χ0) is 12.3. The predicted molar refractivity (Wildman–Crippen MR) is 59.2 cm³/mol. The van der Waals surface area contributed by atoms with Crippen molar-refractivity contribution in [1.82, 2.24) is 10.2 Å². The molecule has 15 heavy (non-hydrogen) atoms. The Morgan fingerprint density at radius 3 is 2.20 bits per heavy atom. The molecule has 0 heterocycles. The van der Waals surface area contributed by atoms with Gasteiger partial charge in [0.25, 0.3) is 0 Å². The summed E-state index contributed by atoms with van der Waals surface area (Å²) in [6, 6.07) is 0. The molecule has 0 aromatic carbocycles. The second-order valence-corrected chi connectivity index (χ2v) is 2.80. The molecule has 0 aromatic heterocycles. The molecule has 0 saturated heterocycles. The quantitative estimate of drug-likeness (QED) is 0.420. The fourth-order valence-corrected chi connectivity index (χ4v) is 0.296. The van der Waals surface area contributed by atoms with E-state index in [1.54, 1.807) is 14.1 Å². The van der Waals surface area contributed by atoms with Crippen molar-refractivity contribution in [2.45, 2.75) is 13.8 Å². The number of ether oxygens (including phenoxy) is 1.